The molecule has 0 amide bonds. The summed E-state index contributed by atoms with van der Waals surface area (Å²) in [6, 6.07) is 13.6. The average Bonchev–Trinajstić information content (AvgIpc) is 3.06. The monoisotopic (exact) mass is 471 g/mol. The van der Waals surface area contributed by atoms with Crippen LogP contribution in [-0.4, -0.2) is 22.4 Å². The summed E-state index contributed by atoms with van der Waals surface area (Å²) in [6.45, 7) is 0. The number of hydrogen-bond acceptors (Lipinski definition) is 6. The third-order valence-corrected chi connectivity index (χ3v) is 6.14. The van der Waals surface area contributed by atoms with Gasteiger partial charge in [0.1, 0.15) is 15.5 Å². The first-order valence-electron chi connectivity index (χ1n) is 8.42. The van der Waals surface area contributed by atoms with E-state index in [-0.39, 0.29) is 21.7 Å². The van der Waals surface area contributed by atoms with Crippen LogP contribution in [-0.2, 0) is 0 Å². The Labute approximate surface area is 176 Å². The molecule has 0 aliphatic rings. The molecule has 0 atom stereocenters. The Hall–Kier alpha value is -3.17. The molecule has 2 heterocycles. The van der Waals surface area contributed by atoms with Crippen LogP contribution in [0.4, 0.5) is 5.69 Å². The number of halogens is 1. The van der Waals surface area contributed by atoms with Gasteiger partial charge in [-0.15, -0.1) is 11.3 Å². The smallest absolute Gasteiger partial charge is 0.334 e. The molecule has 2 aromatic carbocycles. The standard InChI is InChI=1S/C20H14BrN3O4S/c1-28-13-8-6-12(7-9-13)24-19-14(18(26)23-20(24)27)15(22)17(29-19)16(25)10-2-4-11(21)5-3-10/h2-9H,22H2,1H3,(H,23,26,27). The lowest BCUT2D eigenvalue weighted by Gasteiger charge is -2.07. The summed E-state index contributed by atoms with van der Waals surface area (Å²) in [6.07, 6.45) is 0. The third kappa shape index (κ3) is 3.28. The number of hydrogen-bond donors (Lipinski definition) is 2. The van der Waals surface area contributed by atoms with Crippen LogP contribution in [0.1, 0.15) is 15.2 Å². The fourth-order valence-electron chi connectivity index (χ4n) is 2.98. The highest BCUT2D eigenvalue weighted by molar-refractivity contribution is 9.10. The van der Waals surface area contributed by atoms with Crippen molar-refractivity contribution in [1.29, 1.82) is 0 Å². The number of aromatic nitrogens is 2. The number of anilines is 1. The Morgan fingerprint density at radius 3 is 2.38 bits per heavy atom. The van der Waals surface area contributed by atoms with Crippen molar-refractivity contribution in [2.75, 3.05) is 12.8 Å². The highest BCUT2D eigenvalue weighted by Gasteiger charge is 2.23. The first-order chi connectivity index (χ1) is 13.9. The maximum Gasteiger partial charge on any atom is 0.334 e. The molecule has 0 bridgehead atoms. The Balaban J connectivity index is 1.96. The predicted molar refractivity (Wildman–Crippen MR) is 117 cm³/mol. The molecule has 0 aliphatic carbocycles. The molecule has 0 radical (unpaired) electrons. The van der Waals surface area contributed by atoms with Gasteiger partial charge in [-0.1, -0.05) is 15.9 Å². The van der Waals surface area contributed by atoms with Gasteiger partial charge in [0.05, 0.1) is 23.9 Å². The van der Waals surface area contributed by atoms with Crippen molar-refractivity contribution in [3.05, 3.63) is 84.3 Å². The Morgan fingerprint density at radius 1 is 1.10 bits per heavy atom. The van der Waals surface area contributed by atoms with Gasteiger partial charge in [-0.3, -0.25) is 19.1 Å². The number of ketones is 1. The van der Waals surface area contributed by atoms with Gasteiger partial charge in [0.2, 0.25) is 5.78 Å². The number of nitrogen functional groups attached to an aromatic ring is 1. The lowest BCUT2D eigenvalue weighted by Crippen LogP contribution is -2.28. The normalized spacial score (nSPS) is 11.0. The minimum absolute atomic E-state index is 0.0569. The van der Waals surface area contributed by atoms with Crippen LogP contribution >= 0.6 is 27.3 Å². The second-order valence-electron chi connectivity index (χ2n) is 6.15. The zero-order chi connectivity index (χ0) is 20.7. The first kappa shape index (κ1) is 19.2. The number of nitrogens with two attached hydrogens (primary N) is 1. The largest absolute Gasteiger partial charge is 0.497 e. The third-order valence-electron chi connectivity index (χ3n) is 4.42. The molecule has 7 nitrogen and oxygen atoms in total. The zero-order valence-electron chi connectivity index (χ0n) is 15.1. The SMILES string of the molecule is COc1ccc(-n2c(=O)[nH]c(=O)c3c(N)c(C(=O)c4ccc(Br)cc4)sc32)cc1. The van der Waals surface area contributed by atoms with E-state index in [9.17, 15) is 14.4 Å². The number of rotatable bonds is 4. The number of ether oxygens (including phenoxy) is 1. The van der Waals surface area contributed by atoms with Crippen LogP contribution in [0.3, 0.4) is 0 Å². The summed E-state index contributed by atoms with van der Waals surface area (Å²) >= 11 is 4.35. The van der Waals surface area contributed by atoms with Crippen LogP contribution in [0.15, 0.2) is 62.6 Å². The molecule has 146 valence electrons. The topological polar surface area (TPSA) is 107 Å². The number of nitrogens with zero attached hydrogens (tertiary/aromatic N) is 1. The number of nitrogens with one attached hydrogen (secondary N) is 1. The van der Waals surface area contributed by atoms with Crippen molar-refractivity contribution < 1.29 is 9.53 Å². The molecule has 0 unspecified atom stereocenters. The zero-order valence-corrected chi connectivity index (χ0v) is 17.5. The molecule has 0 aliphatic heterocycles. The molecule has 0 saturated carbocycles. The van der Waals surface area contributed by atoms with Gasteiger partial charge in [-0.25, -0.2) is 4.79 Å². The summed E-state index contributed by atoms with van der Waals surface area (Å²) in [5, 5.41) is 0.117. The van der Waals surface area contributed by atoms with E-state index in [0.717, 1.165) is 15.8 Å². The number of aromatic amines is 1. The molecule has 0 spiro atoms. The lowest BCUT2D eigenvalue weighted by molar-refractivity contribution is 0.104. The van der Waals surface area contributed by atoms with Gasteiger partial charge in [0.15, 0.2) is 0 Å². The molecular formula is C20H14BrN3O4S. The lowest BCUT2D eigenvalue weighted by atomic mass is 10.1. The Bertz CT molecular complexity index is 1350. The molecule has 29 heavy (non-hydrogen) atoms. The fraction of sp³-hybridized carbons (Fsp3) is 0.0500. The van der Waals surface area contributed by atoms with E-state index in [4.69, 9.17) is 10.5 Å². The number of H-pyrrole nitrogens is 1. The van der Waals surface area contributed by atoms with E-state index in [1.54, 1.807) is 55.6 Å². The van der Waals surface area contributed by atoms with Crippen molar-refractivity contribution in [3.63, 3.8) is 0 Å². The van der Waals surface area contributed by atoms with Gasteiger partial charge in [0.25, 0.3) is 5.56 Å². The Morgan fingerprint density at radius 2 is 1.76 bits per heavy atom. The maximum absolute atomic E-state index is 13.0. The van der Waals surface area contributed by atoms with Gasteiger partial charge in [0, 0.05) is 10.0 Å². The fourth-order valence-corrected chi connectivity index (χ4v) is 4.45. The number of benzene rings is 2. The molecule has 4 aromatic rings. The van der Waals surface area contributed by atoms with Crippen LogP contribution < -0.4 is 21.7 Å². The number of fused-ring (bicyclic) bond motifs is 1. The number of carbonyl (C=O) groups is 1. The van der Waals surface area contributed by atoms with Crippen LogP contribution in [0, 0.1) is 0 Å². The summed E-state index contributed by atoms with van der Waals surface area (Å²) in [5.41, 5.74) is 5.94. The van der Waals surface area contributed by atoms with Gasteiger partial charge >= 0.3 is 5.69 Å². The second kappa shape index (κ2) is 7.34. The first-order valence-corrected chi connectivity index (χ1v) is 10.0. The highest BCUT2D eigenvalue weighted by Crippen LogP contribution is 2.33. The van der Waals surface area contributed by atoms with Gasteiger partial charge in [-0.05, 0) is 48.5 Å². The highest BCUT2D eigenvalue weighted by atomic mass is 79.9. The van der Waals surface area contributed by atoms with Crippen LogP contribution in [0.25, 0.3) is 15.9 Å². The summed E-state index contributed by atoms with van der Waals surface area (Å²) in [7, 11) is 1.54. The van der Waals surface area contributed by atoms with E-state index < -0.39 is 11.2 Å². The van der Waals surface area contributed by atoms with Gasteiger partial charge < -0.3 is 10.5 Å². The van der Waals surface area contributed by atoms with E-state index in [0.29, 0.717) is 21.8 Å². The summed E-state index contributed by atoms with van der Waals surface area (Å²) in [5.74, 6) is 0.309. The summed E-state index contributed by atoms with van der Waals surface area (Å²) in [4.78, 5) is 40.8. The molecule has 0 saturated heterocycles. The van der Waals surface area contributed by atoms with Crippen molar-refractivity contribution in [1.82, 2.24) is 9.55 Å². The van der Waals surface area contributed by atoms with Gasteiger partial charge in [-0.2, -0.15) is 0 Å². The molecule has 0 fully saturated rings. The predicted octanol–water partition coefficient (Wildman–Crippen LogP) is 3.32. The van der Waals surface area contributed by atoms with E-state index in [1.807, 2.05) is 0 Å². The van der Waals surface area contributed by atoms with Crippen LogP contribution in [0.5, 0.6) is 5.75 Å². The minimum Gasteiger partial charge on any atom is -0.497 e. The number of thiophene rings is 1. The Kier molecular flexibility index (Phi) is 4.85. The molecule has 3 N–H and O–H groups in total. The molecule has 2 aromatic heterocycles. The quantitative estimate of drug-likeness (QED) is 0.443. The molecule has 4 rings (SSSR count). The van der Waals surface area contributed by atoms with E-state index in [2.05, 4.69) is 20.9 Å². The van der Waals surface area contributed by atoms with Crippen molar-refractivity contribution in [2.24, 2.45) is 0 Å². The van der Waals surface area contributed by atoms with Crippen molar-refractivity contribution >= 4 is 49.0 Å². The van der Waals surface area contributed by atoms with E-state index in [1.165, 1.54) is 4.57 Å². The number of carbonyl (C=O) groups excluding carboxylic acids is 1. The average molecular weight is 472 g/mol. The van der Waals surface area contributed by atoms with Crippen molar-refractivity contribution in [3.8, 4) is 11.4 Å². The second-order valence-corrected chi connectivity index (χ2v) is 8.07. The molecule has 9 heteroatoms. The summed E-state index contributed by atoms with van der Waals surface area (Å²) < 4.78 is 7.31. The molecular weight excluding hydrogens is 458 g/mol. The van der Waals surface area contributed by atoms with E-state index >= 15 is 0 Å². The number of methoxy groups -OCH3 is 1. The maximum atomic E-state index is 13.0. The van der Waals surface area contributed by atoms with Crippen molar-refractivity contribution in [2.45, 2.75) is 0 Å². The minimum atomic E-state index is -0.627. The van der Waals surface area contributed by atoms with Crippen LogP contribution in [0.2, 0.25) is 0 Å².